The van der Waals surface area contributed by atoms with Gasteiger partial charge in [-0.1, -0.05) is 0 Å². The minimum Gasteiger partial charge on any atom is -0.374 e. The summed E-state index contributed by atoms with van der Waals surface area (Å²) in [7, 11) is 6.89. The van der Waals surface area contributed by atoms with Crippen LogP contribution in [-0.2, 0) is 14.3 Å². The Hall–Kier alpha value is -1.10. The van der Waals surface area contributed by atoms with E-state index in [4.69, 9.17) is 4.74 Å². The maximum Gasteiger partial charge on any atom is 0.243 e. The van der Waals surface area contributed by atoms with Gasteiger partial charge in [0.2, 0.25) is 11.8 Å². The van der Waals surface area contributed by atoms with Crippen LogP contribution in [0.3, 0.4) is 0 Å². The van der Waals surface area contributed by atoms with Crippen molar-refractivity contribution in [3.05, 3.63) is 0 Å². The lowest BCUT2D eigenvalue weighted by molar-refractivity contribution is -0.127. The Kier molecular flexibility index (Phi) is 7.12. The number of carbonyl (C=O) groups excluding carboxylic acids is 2. The Balaban J connectivity index is 0.00000243. The van der Waals surface area contributed by atoms with E-state index in [1.54, 1.807) is 33.1 Å². The quantitative estimate of drug-likeness (QED) is 0.345. The van der Waals surface area contributed by atoms with Crippen molar-refractivity contribution in [2.75, 3.05) is 54.4 Å². The zero-order valence-electron chi connectivity index (χ0n) is 16.0. The largest absolute Gasteiger partial charge is 0.374 e. The molecule has 2 amide bonds. The number of amides is 2. The van der Waals surface area contributed by atoms with Crippen LogP contribution in [0.1, 0.15) is 12.8 Å². The van der Waals surface area contributed by atoms with E-state index in [0.717, 1.165) is 25.9 Å². The number of likely N-dealkylation sites (tertiary alicyclic amines) is 1. The van der Waals surface area contributed by atoms with Crippen molar-refractivity contribution in [1.82, 2.24) is 20.0 Å². The van der Waals surface area contributed by atoms with Gasteiger partial charge < -0.3 is 24.8 Å². The molecule has 0 aromatic rings. The minimum absolute atomic E-state index is 0. The lowest BCUT2D eigenvalue weighted by Crippen LogP contribution is -2.45. The van der Waals surface area contributed by atoms with Gasteiger partial charge in [0.05, 0.1) is 18.8 Å². The van der Waals surface area contributed by atoms with Crippen LogP contribution >= 0.6 is 24.0 Å². The topological polar surface area (TPSA) is 77.5 Å². The highest BCUT2D eigenvalue weighted by Crippen LogP contribution is 2.47. The van der Waals surface area contributed by atoms with Crippen LogP contribution in [-0.4, -0.2) is 99.1 Å². The molecular weight excluding hydrogens is 449 g/mol. The maximum atomic E-state index is 11.9. The van der Waals surface area contributed by atoms with Gasteiger partial charge in [0, 0.05) is 53.1 Å². The second-order valence-electron chi connectivity index (χ2n) is 7.59. The summed E-state index contributed by atoms with van der Waals surface area (Å²) >= 11 is 0. The van der Waals surface area contributed by atoms with Crippen molar-refractivity contribution in [3.8, 4) is 0 Å². The lowest BCUT2D eigenvalue weighted by Gasteiger charge is -2.24. The monoisotopic (exact) mass is 479 g/mol. The Morgan fingerprint density at radius 1 is 1.04 bits per heavy atom. The number of nitrogens with one attached hydrogen (secondary N) is 1. The predicted octanol–water partition coefficient (Wildman–Crippen LogP) is -0.164. The molecule has 0 saturated carbocycles. The van der Waals surface area contributed by atoms with E-state index in [0.29, 0.717) is 30.0 Å². The van der Waals surface area contributed by atoms with Gasteiger partial charge in [0.1, 0.15) is 6.54 Å². The number of likely N-dealkylation sites (N-methyl/N-ethyl adjacent to an activating group) is 2. The number of carbonyl (C=O) groups is 2. The smallest absolute Gasteiger partial charge is 0.243 e. The Morgan fingerprint density at radius 3 is 2.08 bits per heavy atom. The number of rotatable bonds is 4. The number of aliphatic imine (C=N–C) groups is 1. The van der Waals surface area contributed by atoms with Crippen LogP contribution in [0.5, 0.6) is 0 Å². The highest BCUT2D eigenvalue weighted by Gasteiger charge is 2.53. The first kappa shape index (κ1) is 21.2. The van der Waals surface area contributed by atoms with Crippen molar-refractivity contribution in [2.24, 2.45) is 16.8 Å². The van der Waals surface area contributed by atoms with E-state index >= 15 is 0 Å². The van der Waals surface area contributed by atoms with E-state index < -0.39 is 0 Å². The van der Waals surface area contributed by atoms with Gasteiger partial charge in [0.15, 0.2) is 5.96 Å². The average Bonchev–Trinajstić information content (AvgIpc) is 3.26. The van der Waals surface area contributed by atoms with Gasteiger partial charge >= 0.3 is 0 Å². The Bertz CT molecular complexity index is 551. The number of guanidine groups is 1. The average molecular weight is 479 g/mol. The van der Waals surface area contributed by atoms with Crippen molar-refractivity contribution in [3.63, 3.8) is 0 Å². The standard InChI is InChI=1S/C17H29N5O3.HI/c1-20(2)15(23)7-18-17(19-8-16(24)21(3)4)22-9-11-12(10-22)14-6-5-13(11)25-14;/h11-14H,5-10H2,1-4H3,(H,18,19);1H. The molecule has 0 spiro atoms. The van der Waals surface area contributed by atoms with E-state index in [2.05, 4.69) is 15.2 Å². The highest BCUT2D eigenvalue weighted by atomic mass is 127. The summed E-state index contributed by atoms with van der Waals surface area (Å²) in [4.78, 5) is 33.6. The number of fused-ring (bicyclic) bond motifs is 5. The van der Waals surface area contributed by atoms with E-state index in [1.165, 1.54) is 4.90 Å². The lowest BCUT2D eigenvalue weighted by atomic mass is 9.82. The SMILES string of the molecule is CN(C)C(=O)CN=C(NCC(=O)N(C)C)N1CC2C3CCC(O3)C2C1.I. The van der Waals surface area contributed by atoms with Crippen LogP contribution in [0.4, 0.5) is 0 Å². The van der Waals surface area contributed by atoms with E-state index in [-0.39, 0.29) is 48.9 Å². The highest BCUT2D eigenvalue weighted by molar-refractivity contribution is 14.0. The summed E-state index contributed by atoms with van der Waals surface area (Å²) in [6, 6.07) is 0. The normalized spacial score (nSPS) is 29.2. The zero-order valence-corrected chi connectivity index (χ0v) is 18.3. The molecule has 1 N–H and O–H groups in total. The molecule has 2 bridgehead atoms. The molecule has 0 aliphatic carbocycles. The maximum absolute atomic E-state index is 11.9. The van der Waals surface area contributed by atoms with Crippen LogP contribution in [0.25, 0.3) is 0 Å². The first-order valence-electron chi connectivity index (χ1n) is 8.96. The van der Waals surface area contributed by atoms with Crippen molar-refractivity contribution in [1.29, 1.82) is 0 Å². The van der Waals surface area contributed by atoms with Gasteiger partial charge in [-0.2, -0.15) is 0 Å². The summed E-state index contributed by atoms with van der Waals surface area (Å²) in [6.07, 6.45) is 3.04. The molecule has 3 aliphatic rings. The fourth-order valence-corrected chi connectivity index (χ4v) is 4.00. The second-order valence-corrected chi connectivity index (χ2v) is 7.59. The fourth-order valence-electron chi connectivity index (χ4n) is 4.00. The van der Waals surface area contributed by atoms with Gasteiger partial charge in [-0.3, -0.25) is 9.59 Å². The van der Waals surface area contributed by atoms with Crippen molar-refractivity contribution >= 4 is 41.8 Å². The first-order valence-corrected chi connectivity index (χ1v) is 8.96. The molecule has 3 fully saturated rings. The molecule has 3 rings (SSSR count). The summed E-state index contributed by atoms with van der Waals surface area (Å²) in [5, 5.41) is 3.15. The number of halogens is 1. The molecular formula is C17H30IN5O3. The molecule has 4 atom stereocenters. The van der Waals surface area contributed by atoms with Gasteiger partial charge in [-0.05, 0) is 12.8 Å². The summed E-state index contributed by atoms with van der Waals surface area (Å²) in [5.41, 5.74) is 0. The Morgan fingerprint density at radius 2 is 1.58 bits per heavy atom. The van der Waals surface area contributed by atoms with Crippen LogP contribution in [0.15, 0.2) is 4.99 Å². The van der Waals surface area contributed by atoms with E-state index in [1.807, 2.05) is 0 Å². The van der Waals surface area contributed by atoms with Crippen LogP contribution < -0.4 is 5.32 Å². The fraction of sp³-hybridized carbons (Fsp3) is 0.824. The van der Waals surface area contributed by atoms with Gasteiger partial charge in [-0.25, -0.2) is 4.99 Å². The zero-order chi connectivity index (χ0) is 18.1. The molecule has 0 radical (unpaired) electrons. The third kappa shape index (κ3) is 4.41. The predicted molar refractivity (Wildman–Crippen MR) is 110 cm³/mol. The molecule has 4 unspecified atom stereocenters. The number of ether oxygens (including phenoxy) is 1. The number of hydrogen-bond acceptors (Lipinski definition) is 4. The minimum atomic E-state index is -0.0546. The third-order valence-corrected chi connectivity index (χ3v) is 5.51. The molecule has 148 valence electrons. The number of hydrogen-bond donors (Lipinski definition) is 1. The van der Waals surface area contributed by atoms with Crippen molar-refractivity contribution < 1.29 is 14.3 Å². The molecule has 26 heavy (non-hydrogen) atoms. The molecule has 3 aliphatic heterocycles. The van der Waals surface area contributed by atoms with Crippen molar-refractivity contribution in [2.45, 2.75) is 25.0 Å². The summed E-state index contributed by atoms with van der Waals surface area (Å²) < 4.78 is 6.02. The molecule has 8 nitrogen and oxygen atoms in total. The molecule has 0 aromatic heterocycles. The summed E-state index contributed by atoms with van der Waals surface area (Å²) in [6.45, 7) is 2.02. The van der Waals surface area contributed by atoms with Crippen LogP contribution in [0.2, 0.25) is 0 Å². The molecule has 3 heterocycles. The van der Waals surface area contributed by atoms with Gasteiger partial charge in [0.25, 0.3) is 0 Å². The molecule has 9 heteroatoms. The second kappa shape index (κ2) is 8.73. The molecule has 3 saturated heterocycles. The van der Waals surface area contributed by atoms with Crippen LogP contribution in [0, 0.1) is 11.8 Å². The Labute approximate surface area is 172 Å². The van der Waals surface area contributed by atoms with Gasteiger partial charge in [-0.15, -0.1) is 24.0 Å². The van der Waals surface area contributed by atoms with E-state index in [9.17, 15) is 9.59 Å². The third-order valence-electron chi connectivity index (χ3n) is 5.51. The molecule has 0 aromatic carbocycles. The number of nitrogens with zero attached hydrogens (tertiary/aromatic N) is 4. The first-order chi connectivity index (χ1) is 11.9. The summed E-state index contributed by atoms with van der Waals surface area (Å²) in [5.74, 6) is 1.66.